The van der Waals surface area contributed by atoms with Gasteiger partial charge in [0.15, 0.2) is 4.96 Å². The van der Waals surface area contributed by atoms with E-state index in [1.165, 1.54) is 22.6 Å². The lowest BCUT2D eigenvalue weighted by molar-refractivity contribution is 0.0928. The van der Waals surface area contributed by atoms with Crippen LogP contribution >= 0.6 is 11.3 Å². The molecule has 4 aromatic rings. The summed E-state index contributed by atoms with van der Waals surface area (Å²) < 4.78 is 1.88. The molecule has 1 atom stereocenters. The van der Waals surface area contributed by atoms with Crippen LogP contribution in [-0.2, 0) is 12.8 Å². The lowest BCUT2D eigenvalue weighted by Gasteiger charge is -2.22. The summed E-state index contributed by atoms with van der Waals surface area (Å²) in [5.74, 6) is -0.0507. The fourth-order valence-corrected chi connectivity index (χ4v) is 4.35. The second-order valence-electron chi connectivity index (χ2n) is 6.55. The van der Waals surface area contributed by atoms with Crippen LogP contribution in [0.3, 0.4) is 0 Å². The van der Waals surface area contributed by atoms with Gasteiger partial charge in [-0.15, -0.1) is 11.3 Å². The van der Waals surface area contributed by atoms with E-state index < -0.39 is 0 Å². The van der Waals surface area contributed by atoms with Crippen molar-refractivity contribution in [3.63, 3.8) is 0 Å². The Morgan fingerprint density at radius 1 is 1.31 bits per heavy atom. The number of aromatic amines is 1. The maximum Gasteiger partial charge on any atom is 0.269 e. The van der Waals surface area contributed by atoms with Gasteiger partial charge in [-0.3, -0.25) is 14.3 Å². The van der Waals surface area contributed by atoms with Crippen molar-refractivity contribution >= 4 is 22.2 Å². The zero-order chi connectivity index (χ0) is 17.5. The molecule has 0 fully saturated rings. The number of aromatic nitrogens is 4. The van der Waals surface area contributed by atoms with Gasteiger partial charge in [0.1, 0.15) is 5.69 Å². The van der Waals surface area contributed by atoms with Crippen LogP contribution in [-0.4, -0.2) is 31.5 Å². The molecule has 1 amide bonds. The molecule has 0 radical (unpaired) electrons. The fraction of sp³-hybridized carbons (Fsp3) is 0.211. The summed E-state index contributed by atoms with van der Waals surface area (Å²) >= 11 is 1.49. The standard InChI is InChI=1S/C19H17N5OS/c25-18(21-14-6-7-15-13(8-14)9-20-23-15)17-11-26-19-22-16(10-24(17)19)12-4-2-1-3-5-12/h1-5,9-11,14H,6-8H2,(H,20,23)(H,21,25). The molecule has 6 nitrogen and oxygen atoms in total. The van der Waals surface area contributed by atoms with E-state index in [0.29, 0.717) is 5.69 Å². The molecule has 3 aromatic heterocycles. The van der Waals surface area contributed by atoms with Crippen molar-refractivity contribution in [1.82, 2.24) is 24.9 Å². The maximum atomic E-state index is 12.8. The quantitative estimate of drug-likeness (QED) is 0.587. The van der Waals surface area contributed by atoms with Crippen LogP contribution < -0.4 is 5.32 Å². The number of imidazole rings is 1. The fourth-order valence-electron chi connectivity index (χ4n) is 3.49. The number of carbonyl (C=O) groups is 1. The predicted octanol–water partition coefficient (Wildman–Crippen LogP) is 3.07. The first-order chi connectivity index (χ1) is 12.8. The average Bonchev–Trinajstić information content (AvgIpc) is 3.37. The number of fused-ring (bicyclic) bond motifs is 2. The summed E-state index contributed by atoms with van der Waals surface area (Å²) in [5.41, 5.74) is 4.96. The number of benzene rings is 1. The Balaban J connectivity index is 1.39. The van der Waals surface area contributed by atoms with E-state index in [1.54, 1.807) is 0 Å². The number of H-pyrrole nitrogens is 1. The SMILES string of the molecule is O=C(NC1CCc2[nH]ncc2C1)c1csc2nc(-c3ccccc3)cn12. The van der Waals surface area contributed by atoms with E-state index in [2.05, 4.69) is 20.5 Å². The third-order valence-electron chi connectivity index (χ3n) is 4.86. The van der Waals surface area contributed by atoms with Crippen molar-refractivity contribution < 1.29 is 4.79 Å². The van der Waals surface area contributed by atoms with Crippen molar-refractivity contribution in [3.8, 4) is 11.3 Å². The number of aryl methyl sites for hydroxylation is 1. The van der Waals surface area contributed by atoms with Crippen molar-refractivity contribution in [2.24, 2.45) is 0 Å². The number of nitrogens with zero attached hydrogens (tertiary/aromatic N) is 3. The Labute approximate surface area is 153 Å². The molecule has 0 bridgehead atoms. The van der Waals surface area contributed by atoms with Gasteiger partial charge in [-0.25, -0.2) is 4.98 Å². The predicted molar refractivity (Wildman–Crippen MR) is 100 cm³/mol. The Morgan fingerprint density at radius 3 is 3.08 bits per heavy atom. The van der Waals surface area contributed by atoms with Gasteiger partial charge in [-0.05, 0) is 24.8 Å². The van der Waals surface area contributed by atoms with Crippen LogP contribution in [0.2, 0.25) is 0 Å². The molecule has 0 saturated heterocycles. The van der Waals surface area contributed by atoms with E-state index >= 15 is 0 Å². The van der Waals surface area contributed by atoms with Crippen molar-refractivity contribution in [1.29, 1.82) is 0 Å². The normalized spacial score (nSPS) is 16.5. The molecule has 2 N–H and O–H groups in total. The lowest BCUT2D eigenvalue weighted by Crippen LogP contribution is -2.39. The highest BCUT2D eigenvalue weighted by Gasteiger charge is 2.23. The molecular formula is C19H17N5OS. The van der Waals surface area contributed by atoms with E-state index in [1.807, 2.05) is 52.5 Å². The van der Waals surface area contributed by atoms with Crippen LogP contribution in [0.1, 0.15) is 28.2 Å². The van der Waals surface area contributed by atoms with Crippen LogP contribution in [0.15, 0.2) is 48.1 Å². The molecule has 0 spiro atoms. The van der Waals surface area contributed by atoms with Crippen LogP contribution in [0.4, 0.5) is 0 Å². The molecule has 0 aliphatic heterocycles. The molecule has 1 aliphatic carbocycles. The first-order valence-corrected chi connectivity index (χ1v) is 9.50. The third kappa shape index (κ3) is 2.61. The van der Waals surface area contributed by atoms with Crippen LogP contribution in [0, 0.1) is 0 Å². The molecule has 1 aromatic carbocycles. The summed E-state index contributed by atoms with van der Waals surface area (Å²) in [5, 5.41) is 12.2. The van der Waals surface area contributed by atoms with E-state index in [0.717, 1.165) is 35.5 Å². The van der Waals surface area contributed by atoms with Gasteiger partial charge in [-0.1, -0.05) is 30.3 Å². The summed E-state index contributed by atoms with van der Waals surface area (Å²) in [6.07, 6.45) is 6.46. The highest BCUT2D eigenvalue weighted by atomic mass is 32.1. The molecule has 1 aliphatic rings. The monoisotopic (exact) mass is 363 g/mol. The average molecular weight is 363 g/mol. The molecule has 130 valence electrons. The smallest absolute Gasteiger partial charge is 0.269 e. The second kappa shape index (κ2) is 6.10. The van der Waals surface area contributed by atoms with Crippen LogP contribution in [0.5, 0.6) is 0 Å². The second-order valence-corrected chi connectivity index (χ2v) is 7.39. The van der Waals surface area contributed by atoms with Gasteiger partial charge in [0.2, 0.25) is 0 Å². The first kappa shape index (κ1) is 15.3. The minimum Gasteiger partial charge on any atom is -0.348 e. The number of thiazole rings is 1. The molecule has 0 saturated carbocycles. The van der Waals surface area contributed by atoms with Crippen molar-refractivity contribution in [2.45, 2.75) is 25.3 Å². The van der Waals surface area contributed by atoms with Gasteiger partial charge in [0.05, 0.1) is 11.9 Å². The van der Waals surface area contributed by atoms with Gasteiger partial charge in [-0.2, -0.15) is 5.10 Å². The molecule has 3 heterocycles. The molecule has 7 heteroatoms. The number of hydrogen-bond donors (Lipinski definition) is 2. The third-order valence-corrected chi connectivity index (χ3v) is 5.70. The minimum absolute atomic E-state index is 0.0507. The molecule has 1 unspecified atom stereocenters. The first-order valence-electron chi connectivity index (χ1n) is 8.62. The van der Waals surface area contributed by atoms with Gasteiger partial charge in [0, 0.05) is 28.9 Å². The van der Waals surface area contributed by atoms with E-state index in [9.17, 15) is 4.79 Å². The Morgan fingerprint density at radius 2 is 2.19 bits per heavy atom. The van der Waals surface area contributed by atoms with Crippen LogP contribution in [0.25, 0.3) is 16.2 Å². The zero-order valence-electron chi connectivity index (χ0n) is 14.0. The van der Waals surface area contributed by atoms with Crippen molar-refractivity contribution in [3.05, 3.63) is 65.1 Å². The number of hydrogen-bond acceptors (Lipinski definition) is 4. The molecule has 26 heavy (non-hydrogen) atoms. The number of nitrogens with one attached hydrogen (secondary N) is 2. The Bertz CT molecular complexity index is 1080. The van der Waals surface area contributed by atoms with Gasteiger partial charge >= 0.3 is 0 Å². The molecule has 5 rings (SSSR count). The van der Waals surface area contributed by atoms with E-state index in [4.69, 9.17) is 0 Å². The summed E-state index contributed by atoms with van der Waals surface area (Å²) in [7, 11) is 0. The number of carbonyl (C=O) groups excluding carboxylic acids is 1. The lowest BCUT2D eigenvalue weighted by atomic mass is 9.93. The largest absolute Gasteiger partial charge is 0.348 e. The zero-order valence-corrected chi connectivity index (χ0v) is 14.8. The van der Waals surface area contributed by atoms with Gasteiger partial charge < -0.3 is 5.32 Å². The maximum absolute atomic E-state index is 12.8. The Hall–Kier alpha value is -2.93. The highest BCUT2D eigenvalue weighted by molar-refractivity contribution is 7.15. The number of amides is 1. The summed E-state index contributed by atoms with van der Waals surface area (Å²) in [6.45, 7) is 0. The van der Waals surface area contributed by atoms with Gasteiger partial charge in [0.25, 0.3) is 5.91 Å². The number of rotatable bonds is 3. The Kier molecular flexibility index (Phi) is 3.60. The minimum atomic E-state index is -0.0507. The van der Waals surface area contributed by atoms with E-state index in [-0.39, 0.29) is 11.9 Å². The molecular weight excluding hydrogens is 346 g/mol. The highest BCUT2D eigenvalue weighted by Crippen LogP contribution is 2.24. The summed E-state index contributed by atoms with van der Waals surface area (Å²) in [6, 6.07) is 10.1. The topological polar surface area (TPSA) is 75.1 Å². The van der Waals surface area contributed by atoms with Crippen molar-refractivity contribution in [2.75, 3.05) is 0 Å². The summed E-state index contributed by atoms with van der Waals surface area (Å²) in [4.78, 5) is 18.3.